The van der Waals surface area contributed by atoms with Crippen LogP contribution in [-0.2, 0) is 6.42 Å². The summed E-state index contributed by atoms with van der Waals surface area (Å²) in [5.74, 6) is 0.262. The Kier molecular flexibility index (Phi) is 18.7. The van der Waals surface area contributed by atoms with Crippen LogP contribution in [0.25, 0.3) is 0 Å². The second kappa shape index (κ2) is 21.1. The van der Waals surface area contributed by atoms with Gasteiger partial charge < -0.3 is 10.4 Å². The number of rotatable bonds is 21. The van der Waals surface area contributed by atoms with Gasteiger partial charge in [0.05, 0.1) is 0 Å². The SMILES string of the molecule is CCCCCCCCCCCCCCCCCCNNC(=O)NCCc1ccc(O)cc1. The molecule has 0 bridgehead atoms. The molecule has 0 aliphatic heterocycles. The Labute approximate surface area is 197 Å². The number of phenols is 1. The normalized spacial score (nSPS) is 10.9. The zero-order valence-corrected chi connectivity index (χ0v) is 20.6. The molecule has 5 nitrogen and oxygen atoms in total. The third-order valence-electron chi connectivity index (χ3n) is 5.99. The fourth-order valence-electron chi connectivity index (χ4n) is 3.93. The number of urea groups is 1. The number of amides is 2. The van der Waals surface area contributed by atoms with Gasteiger partial charge in [-0.1, -0.05) is 115 Å². The van der Waals surface area contributed by atoms with E-state index in [-0.39, 0.29) is 11.8 Å². The highest BCUT2D eigenvalue weighted by Crippen LogP contribution is 2.13. The molecular weight excluding hydrogens is 398 g/mol. The molecule has 0 heterocycles. The van der Waals surface area contributed by atoms with Crippen molar-refractivity contribution in [3.63, 3.8) is 0 Å². The average molecular weight is 448 g/mol. The summed E-state index contributed by atoms with van der Waals surface area (Å²) < 4.78 is 0. The highest BCUT2D eigenvalue weighted by atomic mass is 16.3. The Bertz CT molecular complexity index is 548. The molecule has 0 fully saturated rings. The molecule has 0 aliphatic rings. The lowest BCUT2D eigenvalue weighted by atomic mass is 10.0. The minimum atomic E-state index is -0.194. The maximum atomic E-state index is 11.7. The van der Waals surface area contributed by atoms with Crippen molar-refractivity contribution in [2.45, 2.75) is 116 Å². The van der Waals surface area contributed by atoms with Crippen LogP contribution in [-0.4, -0.2) is 24.2 Å². The first-order valence-corrected chi connectivity index (χ1v) is 13.3. The largest absolute Gasteiger partial charge is 0.508 e. The van der Waals surface area contributed by atoms with Crippen molar-refractivity contribution in [3.05, 3.63) is 29.8 Å². The van der Waals surface area contributed by atoms with Crippen LogP contribution >= 0.6 is 0 Å². The van der Waals surface area contributed by atoms with Gasteiger partial charge in [-0.15, -0.1) is 0 Å². The molecule has 0 spiro atoms. The predicted octanol–water partition coefficient (Wildman–Crippen LogP) is 7.00. The van der Waals surface area contributed by atoms with Crippen LogP contribution in [0.4, 0.5) is 4.79 Å². The van der Waals surface area contributed by atoms with Gasteiger partial charge >= 0.3 is 6.03 Å². The van der Waals surface area contributed by atoms with E-state index < -0.39 is 0 Å². The van der Waals surface area contributed by atoms with Gasteiger partial charge in [0.1, 0.15) is 5.75 Å². The van der Waals surface area contributed by atoms with Gasteiger partial charge in [-0.3, -0.25) is 5.43 Å². The first-order valence-electron chi connectivity index (χ1n) is 13.3. The second-order valence-corrected chi connectivity index (χ2v) is 9.03. The van der Waals surface area contributed by atoms with Gasteiger partial charge in [-0.2, -0.15) is 0 Å². The molecule has 0 saturated carbocycles. The molecule has 1 rings (SSSR count). The summed E-state index contributed by atoms with van der Waals surface area (Å²) in [7, 11) is 0. The molecule has 0 unspecified atom stereocenters. The fourth-order valence-corrected chi connectivity index (χ4v) is 3.93. The number of hydrazine groups is 1. The summed E-state index contributed by atoms with van der Waals surface area (Å²) in [6.45, 7) is 3.66. The van der Waals surface area contributed by atoms with E-state index in [1.807, 2.05) is 12.1 Å². The molecule has 184 valence electrons. The van der Waals surface area contributed by atoms with E-state index in [1.165, 1.54) is 96.3 Å². The minimum Gasteiger partial charge on any atom is -0.508 e. The number of benzene rings is 1. The summed E-state index contributed by atoms with van der Waals surface area (Å²) in [6, 6.07) is 6.86. The van der Waals surface area contributed by atoms with Crippen molar-refractivity contribution in [1.29, 1.82) is 0 Å². The zero-order valence-electron chi connectivity index (χ0n) is 20.6. The van der Waals surface area contributed by atoms with Gasteiger partial charge in [0.25, 0.3) is 0 Å². The van der Waals surface area contributed by atoms with Crippen LogP contribution in [0.2, 0.25) is 0 Å². The number of unbranched alkanes of at least 4 members (excludes halogenated alkanes) is 15. The quantitative estimate of drug-likeness (QED) is 0.121. The van der Waals surface area contributed by atoms with Crippen LogP contribution in [0.3, 0.4) is 0 Å². The van der Waals surface area contributed by atoms with Gasteiger partial charge in [-0.05, 0) is 30.5 Å². The van der Waals surface area contributed by atoms with Gasteiger partial charge in [0.2, 0.25) is 0 Å². The zero-order chi connectivity index (χ0) is 23.1. The van der Waals surface area contributed by atoms with Gasteiger partial charge in [0.15, 0.2) is 0 Å². The fraction of sp³-hybridized carbons (Fsp3) is 0.741. The monoisotopic (exact) mass is 447 g/mol. The maximum Gasteiger partial charge on any atom is 0.329 e. The molecule has 0 atom stereocenters. The summed E-state index contributed by atoms with van der Waals surface area (Å²) in [5, 5.41) is 12.1. The number of hydrogen-bond acceptors (Lipinski definition) is 3. The van der Waals surface area contributed by atoms with Gasteiger partial charge in [-0.25, -0.2) is 10.2 Å². The Morgan fingerprint density at radius 1 is 0.688 bits per heavy atom. The third kappa shape index (κ3) is 17.9. The van der Waals surface area contributed by atoms with Crippen LogP contribution in [0.15, 0.2) is 24.3 Å². The Morgan fingerprint density at radius 2 is 1.16 bits per heavy atom. The third-order valence-corrected chi connectivity index (χ3v) is 5.99. The van der Waals surface area contributed by atoms with E-state index in [4.69, 9.17) is 0 Å². The van der Waals surface area contributed by atoms with Crippen molar-refractivity contribution in [3.8, 4) is 5.75 Å². The molecule has 5 heteroatoms. The molecule has 1 aromatic carbocycles. The standard InChI is InChI=1S/C27H49N3O2/c1-2-3-4-5-6-7-8-9-10-11-12-13-14-15-16-17-23-29-30-27(32)28-24-22-25-18-20-26(31)21-19-25/h18-21,29,31H,2-17,22-24H2,1H3,(H2,28,30,32). The van der Waals surface area contributed by atoms with E-state index in [2.05, 4.69) is 23.1 Å². The summed E-state index contributed by atoms with van der Waals surface area (Å²) in [6.07, 6.45) is 22.6. The molecule has 0 saturated heterocycles. The maximum absolute atomic E-state index is 11.7. The summed E-state index contributed by atoms with van der Waals surface area (Å²) in [4.78, 5) is 11.7. The first-order chi connectivity index (χ1) is 15.7. The van der Waals surface area contributed by atoms with Crippen LogP contribution in [0.5, 0.6) is 5.75 Å². The molecule has 0 aromatic heterocycles. The van der Waals surface area contributed by atoms with E-state index >= 15 is 0 Å². The highest BCUT2D eigenvalue weighted by molar-refractivity contribution is 5.73. The molecule has 32 heavy (non-hydrogen) atoms. The average Bonchev–Trinajstić information content (AvgIpc) is 2.79. The second-order valence-electron chi connectivity index (χ2n) is 9.03. The molecule has 0 aliphatic carbocycles. The molecule has 4 N–H and O–H groups in total. The predicted molar refractivity (Wildman–Crippen MR) is 136 cm³/mol. The number of phenolic OH excluding ortho intramolecular Hbond substituents is 1. The minimum absolute atomic E-state index is 0.194. The summed E-state index contributed by atoms with van der Waals surface area (Å²) in [5.41, 5.74) is 6.77. The van der Waals surface area contributed by atoms with E-state index in [1.54, 1.807) is 12.1 Å². The number of carbonyl (C=O) groups is 1. The topological polar surface area (TPSA) is 73.4 Å². The lowest BCUT2D eigenvalue weighted by Gasteiger charge is -2.09. The highest BCUT2D eigenvalue weighted by Gasteiger charge is 2.00. The Hall–Kier alpha value is -1.75. The van der Waals surface area contributed by atoms with E-state index in [0.29, 0.717) is 6.54 Å². The molecule has 2 amide bonds. The molecular formula is C27H49N3O2. The van der Waals surface area contributed by atoms with Crippen LogP contribution in [0, 0.1) is 0 Å². The lowest BCUT2D eigenvalue weighted by molar-refractivity contribution is 0.236. The van der Waals surface area contributed by atoms with Gasteiger partial charge in [0, 0.05) is 13.1 Å². The molecule has 0 radical (unpaired) electrons. The number of carbonyl (C=O) groups excluding carboxylic acids is 1. The number of nitrogens with one attached hydrogen (secondary N) is 3. The summed E-state index contributed by atoms with van der Waals surface area (Å²) >= 11 is 0. The Balaban J connectivity index is 1.75. The van der Waals surface area contributed by atoms with E-state index in [0.717, 1.165) is 24.9 Å². The number of hydrogen-bond donors (Lipinski definition) is 4. The van der Waals surface area contributed by atoms with Crippen molar-refractivity contribution >= 4 is 6.03 Å². The van der Waals surface area contributed by atoms with E-state index in [9.17, 15) is 9.90 Å². The van der Waals surface area contributed by atoms with Crippen molar-refractivity contribution in [1.82, 2.24) is 16.2 Å². The Morgan fingerprint density at radius 3 is 1.66 bits per heavy atom. The number of aromatic hydroxyl groups is 1. The smallest absolute Gasteiger partial charge is 0.329 e. The first kappa shape index (κ1) is 28.3. The van der Waals surface area contributed by atoms with Crippen LogP contribution < -0.4 is 16.2 Å². The van der Waals surface area contributed by atoms with Crippen molar-refractivity contribution in [2.24, 2.45) is 0 Å². The van der Waals surface area contributed by atoms with Crippen molar-refractivity contribution in [2.75, 3.05) is 13.1 Å². The van der Waals surface area contributed by atoms with Crippen molar-refractivity contribution < 1.29 is 9.90 Å². The lowest BCUT2D eigenvalue weighted by Crippen LogP contribution is -2.45. The molecule has 1 aromatic rings. The van der Waals surface area contributed by atoms with Crippen LogP contribution in [0.1, 0.15) is 115 Å².